The molecule has 9 heteroatoms. The van der Waals surface area contributed by atoms with Gasteiger partial charge in [-0.25, -0.2) is 14.2 Å². The van der Waals surface area contributed by atoms with Crippen LogP contribution < -0.4 is 0 Å². The Kier molecular flexibility index (Phi) is 6.77. The zero-order chi connectivity index (χ0) is 26.2. The molecule has 0 atom stereocenters. The van der Waals surface area contributed by atoms with Crippen molar-refractivity contribution in [2.24, 2.45) is 0 Å². The van der Waals surface area contributed by atoms with Crippen molar-refractivity contribution in [2.75, 3.05) is 13.1 Å². The van der Waals surface area contributed by atoms with Gasteiger partial charge in [-0.1, -0.05) is 29.8 Å². The molecule has 7 nitrogen and oxygen atoms in total. The Morgan fingerprint density at radius 1 is 1.14 bits per heavy atom. The van der Waals surface area contributed by atoms with E-state index in [2.05, 4.69) is 21.1 Å². The first-order chi connectivity index (χ1) is 17.7. The molecule has 3 aromatic heterocycles. The number of fused-ring (bicyclic) bond motifs is 1. The molecule has 4 heterocycles. The standard InChI is InChI=1S/C28H29ClFN5O2/c1-28(2,3)37-27(36)34-10-8-23(9-11-34)35-17-21(16-33-35)20-12-24-19(14-31-26(24)32-15-20)5-4-18-6-7-22(30)13-25(18)29/h4-7,12-17,23H,8-11H2,1-3H3,(H,31,32)/b5-4+. The molecule has 0 bridgehead atoms. The van der Waals surface area contributed by atoms with E-state index >= 15 is 0 Å². The summed E-state index contributed by atoms with van der Waals surface area (Å²) in [7, 11) is 0. The average Bonchev–Trinajstić information content (AvgIpc) is 3.50. The van der Waals surface area contributed by atoms with Crippen molar-refractivity contribution in [3.05, 3.63) is 71.0 Å². The molecule has 1 saturated heterocycles. The van der Waals surface area contributed by atoms with Crippen LogP contribution in [0.15, 0.2) is 49.1 Å². The maximum Gasteiger partial charge on any atom is 0.410 e. The Morgan fingerprint density at radius 2 is 1.89 bits per heavy atom. The van der Waals surface area contributed by atoms with Crippen molar-refractivity contribution in [2.45, 2.75) is 45.3 Å². The maximum atomic E-state index is 13.3. The van der Waals surface area contributed by atoms with E-state index in [0.717, 1.165) is 46.1 Å². The molecule has 1 aliphatic heterocycles. The van der Waals surface area contributed by atoms with Gasteiger partial charge in [-0.05, 0) is 57.4 Å². The number of nitrogens with zero attached hydrogens (tertiary/aromatic N) is 4. The highest BCUT2D eigenvalue weighted by molar-refractivity contribution is 6.32. The van der Waals surface area contributed by atoms with Crippen molar-refractivity contribution >= 4 is 40.9 Å². The zero-order valence-corrected chi connectivity index (χ0v) is 21.8. The van der Waals surface area contributed by atoms with Crippen LogP contribution in [0.25, 0.3) is 34.3 Å². The first kappa shape index (κ1) is 25.0. The molecule has 1 aliphatic rings. The maximum absolute atomic E-state index is 13.3. The predicted octanol–water partition coefficient (Wildman–Crippen LogP) is 6.96. The highest BCUT2D eigenvalue weighted by Crippen LogP contribution is 2.29. The van der Waals surface area contributed by atoms with Gasteiger partial charge in [-0.15, -0.1) is 0 Å². The minimum absolute atomic E-state index is 0.218. The van der Waals surface area contributed by atoms with Crippen LogP contribution in [0.4, 0.5) is 9.18 Å². The van der Waals surface area contributed by atoms with E-state index in [1.165, 1.54) is 12.1 Å². The number of piperidine rings is 1. The lowest BCUT2D eigenvalue weighted by atomic mass is 10.1. The highest BCUT2D eigenvalue weighted by Gasteiger charge is 2.28. The number of rotatable bonds is 4. The van der Waals surface area contributed by atoms with Gasteiger partial charge in [0.15, 0.2) is 0 Å². The van der Waals surface area contributed by atoms with Gasteiger partial charge in [0.25, 0.3) is 0 Å². The van der Waals surface area contributed by atoms with Crippen LogP contribution >= 0.6 is 11.6 Å². The molecule has 0 radical (unpaired) electrons. The first-order valence-electron chi connectivity index (χ1n) is 12.3. The number of hydrogen-bond acceptors (Lipinski definition) is 4. The fraction of sp³-hybridized carbons (Fsp3) is 0.321. The number of likely N-dealkylation sites (tertiary alicyclic amines) is 1. The summed E-state index contributed by atoms with van der Waals surface area (Å²) >= 11 is 6.16. The van der Waals surface area contributed by atoms with Gasteiger partial charge < -0.3 is 14.6 Å². The summed E-state index contributed by atoms with van der Waals surface area (Å²) < 4.78 is 20.8. The summed E-state index contributed by atoms with van der Waals surface area (Å²) in [6.45, 7) is 6.91. The summed E-state index contributed by atoms with van der Waals surface area (Å²) in [5.74, 6) is -0.364. The molecule has 1 fully saturated rings. The Bertz CT molecular complexity index is 1460. The van der Waals surface area contributed by atoms with Crippen molar-refractivity contribution in [1.82, 2.24) is 24.6 Å². The highest BCUT2D eigenvalue weighted by atomic mass is 35.5. The lowest BCUT2D eigenvalue weighted by molar-refractivity contribution is 0.0185. The minimum Gasteiger partial charge on any atom is -0.444 e. The van der Waals surface area contributed by atoms with Crippen LogP contribution in [0.2, 0.25) is 5.02 Å². The van der Waals surface area contributed by atoms with Gasteiger partial charge in [0.1, 0.15) is 17.1 Å². The zero-order valence-electron chi connectivity index (χ0n) is 21.0. The van der Waals surface area contributed by atoms with Gasteiger partial charge in [0, 0.05) is 53.8 Å². The second kappa shape index (κ2) is 10.0. The SMILES string of the molecule is CC(C)(C)OC(=O)N1CCC(n2cc(-c3cnc4[nH]cc(/C=C/c5ccc(F)cc5Cl)c4c3)cn2)CC1. The molecular formula is C28H29ClFN5O2. The number of aromatic amines is 1. The molecule has 1 aromatic carbocycles. The number of nitrogens with one attached hydrogen (secondary N) is 1. The summed E-state index contributed by atoms with van der Waals surface area (Å²) in [5.41, 5.74) is 3.90. The van der Waals surface area contributed by atoms with Crippen LogP contribution in [0.3, 0.4) is 0 Å². The number of benzene rings is 1. The topological polar surface area (TPSA) is 76.0 Å². The summed E-state index contributed by atoms with van der Waals surface area (Å²) in [6, 6.07) is 6.64. The molecule has 192 valence electrons. The number of amides is 1. The molecular weight excluding hydrogens is 493 g/mol. The quantitative estimate of drug-likeness (QED) is 0.315. The number of H-pyrrole nitrogens is 1. The molecule has 37 heavy (non-hydrogen) atoms. The van der Waals surface area contributed by atoms with Crippen molar-refractivity contribution < 1.29 is 13.9 Å². The monoisotopic (exact) mass is 521 g/mol. The summed E-state index contributed by atoms with van der Waals surface area (Å²) in [6.07, 6.45) is 12.8. The third-order valence-electron chi connectivity index (χ3n) is 6.39. The summed E-state index contributed by atoms with van der Waals surface area (Å²) in [5, 5.41) is 5.94. The second-order valence-electron chi connectivity index (χ2n) is 10.3. The molecule has 4 aromatic rings. The Labute approximate surface area is 219 Å². The van der Waals surface area contributed by atoms with Gasteiger partial charge in [0.2, 0.25) is 0 Å². The molecule has 0 saturated carbocycles. The lowest BCUT2D eigenvalue weighted by Gasteiger charge is -2.33. The molecule has 0 aliphatic carbocycles. The molecule has 1 N–H and O–H groups in total. The van der Waals surface area contributed by atoms with Gasteiger partial charge in [-0.3, -0.25) is 4.68 Å². The molecule has 0 spiro atoms. The smallest absolute Gasteiger partial charge is 0.410 e. The number of carbonyl (C=O) groups is 1. The Morgan fingerprint density at radius 3 is 2.62 bits per heavy atom. The van der Waals surface area contributed by atoms with Crippen LogP contribution in [0.5, 0.6) is 0 Å². The lowest BCUT2D eigenvalue weighted by Crippen LogP contribution is -2.42. The van der Waals surface area contributed by atoms with E-state index in [0.29, 0.717) is 18.1 Å². The van der Waals surface area contributed by atoms with Crippen molar-refractivity contribution in [3.8, 4) is 11.1 Å². The van der Waals surface area contributed by atoms with Crippen molar-refractivity contribution in [3.63, 3.8) is 0 Å². The van der Waals surface area contributed by atoms with E-state index in [1.54, 1.807) is 11.0 Å². The van der Waals surface area contributed by atoms with Crippen LogP contribution in [0.1, 0.15) is 50.8 Å². The number of carbonyl (C=O) groups excluding carboxylic acids is 1. The minimum atomic E-state index is -0.497. The number of aromatic nitrogens is 4. The van der Waals surface area contributed by atoms with Crippen LogP contribution in [-0.4, -0.2) is 49.4 Å². The van der Waals surface area contributed by atoms with Crippen LogP contribution in [0, 0.1) is 5.82 Å². The Balaban J connectivity index is 1.30. The predicted molar refractivity (Wildman–Crippen MR) is 144 cm³/mol. The fourth-order valence-electron chi connectivity index (χ4n) is 4.46. The van der Waals surface area contributed by atoms with Crippen molar-refractivity contribution in [1.29, 1.82) is 0 Å². The van der Waals surface area contributed by atoms with Gasteiger partial charge in [0.05, 0.1) is 17.3 Å². The largest absolute Gasteiger partial charge is 0.444 e. The number of ether oxygens (including phenoxy) is 1. The average molecular weight is 522 g/mol. The molecule has 0 unspecified atom stereocenters. The second-order valence-corrected chi connectivity index (χ2v) is 10.7. The van der Waals surface area contributed by atoms with E-state index in [-0.39, 0.29) is 18.0 Å². The third-order valence-corrected chi connectivity index (χ3v) is 6.72. The normalized spacial score (nSPS) is 15.1. The van der Waals surface area contributed by atoms with Gasteiger partial charge in [-0.2, -0.15) is 5.10 Å². The number of pyridine rings is 1. The fourth-order valence-corrected chi connectivity index (χ4v) is 4.69. The van der Waals surface area contributed by atoms with Gasteiger partial charge >= 0.3 is 6.09 Å². The number of hydrogen-bond donors (Lipinski definition) is 1. The Hall–Kier alpha value is -3.65. The summed E-state index contributed by atoms with van der Waals surface area (Å²) in [4.78, 5) is 21.9. The van der Waals surface area contributed by atoms with E-state index < -0.39 is 5.60 Å². The molecule has 5 rings (SSSR count). The third kappa shape index (κ3) is 5.69. The van der Waals surface area contributed by atoms with E-state index in [9.17, 15) is 9.18 Å². The van der Waals surface area contributed by atoms with E-state index in [4.69, 9.17) is 16.3 Å². The molecule has 1 amide bonds. The first-order valence-corrected chi connectivity index (χ1v) is 12.7. The van der Waals surface area contributed by atoms with E-state index in [1.807, 2.05) is 62.4 Å². The number of halogens is 2. The van der Waals surface area contributed by atoms with Crippen LogP contribution in [-0.2, 0) is 4.74 Å².